The van der Waals surface area contributed by atoms with Gasteiger partial charge in [-0.05, 0) is 38.5 Å². The Labute approximate surface area is 288 Å². The fraction of sp³-hybridized carbons (Fsp3) is 0.838. The number of carbonyl (C=O) groups excluding carboxylic acids is 2. The first-order valence-electron chi connectivity index (χ1n) is 18.6. The lowest BCUT2D eigenvalue weighted by Crippen LogP contribution is -2.37. The molecule has 0 aromatic heterocycles. The first-order chi connectivity index (χ1) is 22.5. The predicted octanol–water partition coefficient (Wildman–Crippen LogP) is 8.99. The van der Waals surface area contributed by atoms with Crippen molar-refractivity contribution in [3.05, 3.63) is 24.3 Å². The van der Waals surface area contributed by atoms with Gasteiger partial charge < -0.3 is 27.9 Å². The fourth-order valence-corrected chi connectivity index (χ4v) is 5.49. The van der Waals surface area contributed by atoms with E-state index >= 15 is 0 Å². The molecule has 0 aliphatic carbocycles. The van der Waals surface area contributed by atoms with Crippen LogP contribution in [-0.4, -0.2) is 70.0 Å². The van der Waals surface area contributed by atoms with E-state index < -0.39 is 32.5 Å². The Morgan fingerprint density at radius 1 is 0.660 bits per heavy atom. The van der Waals surface area contributed by atoms with Crippen LogP contribution < -0.4 is 4.89 Å². The van der Waals surface area contributed by atoms with E-state index in [0.29, 0.717) is 23.9 Å². The summed E-state index contributed by atoms with van der Waals surface area (Å²) in [7, 11) is 1.15. The highest BCUT2D eigenvalue weighted by molar-refractivity contribution is 7.45. The van der Waals surface area contributed by atoms with Crippen molar-refractivity contribution in [2.24, 2.45) is 0 Å². The largest absolute Gasteiger partial charge is 0.756 e. The smallest absolute Gasteiger partial charge is 0.306 e. The zero-order chi connectivity index (χ0) is 35.1. The molecule has 0 radical (unpaired) electrons. The van der Waals surface area contributed by atoms with E-state index in [9.17, 15) is 19.0 Å². The molecule has 0 amide bonds. The number of ether oxygens (including phenoxy) is 2. The Hall–Kier alpha value is -1.51. The summed E-state index contributed by atoms with van der Waals surface area (Å²) in [5.74, 6) is -0.858. The molecule has 0 fully saturated rings. The molecule has 0 aliphatic rings. The van der Waals surface area contributed by atoms with Crippen LogP contribution in [0.5, 0.6) is 0 Å². The van der Waals surface area contributed by atoms with Gasteiger partial charge in [0.15, 0.2) is 6.10 Å². The van der Waals surface area contributed by atoms with Crippen molar-refractivity contribution in [2.75, 3.05) is 47.5 Å². The Morgan fingerprint density at radius 3 is 1.66 bits per heavy atom. The van der Waals surface area contributed by atoms with Gasteiger partial charge in [-0.1, -0.05) is 122 Å². The lowest BCUT2D eigenvalue weighted by molar-refractivity contribution is -0.870. The number of quaternary nitrogens is 1. The number of phosphoric acid groups is 1. The second-order valence-electron chi connectivity index (χ2n) is 13.6. The number of carbonyl (C=O) groups is 2. The molecule has 0 aromatic rings. The minimum absolute atomic E-state index is 0.0323. The molecular formula is C37H70NO8P. The summed E-state index contributed by atoms with van der Waals surface area (Å²) in [6.07, 6.45) is 29.3. The van der Waals surface area contributed by atoms with Crippen molar-refractivity contribution in [3.63, 3.8) is 0 Å². The van der Waals surface area contributed by atoms with Gasteiger partial charge in [-0.25, -0.2) is 0 Å². The standard InChI is InChI=1S/C37H70NO8P/c1-6-8-10-12-14-16-17-18-19-20-21-22-24-25-27-29-36(39)43-33-35(34-45-47(41,42)44-32-31-38(3,4)5)46-37(40)30-28-26-23-15-13-11-9-7-2/h16-19,35H,6-15,20-34H2,1-5H3/b17-16+,19-18+/t35-/m0/s1. The van der Waals surface area contributed by atoms with Crippen molar-refractivity contribution < 1.29 is 42.1 Å². The second-order valence-corrected chi connectivity index (χ2v) is 15.0. The average molecular weight is 688 g/mol. The normalized spacial score (nSPS) is 14.1. The van der Waals surface area contributed by atoms with Crippen LogP contribution >= 0.6 is 7.82 Å². The minimum Gasteiger partial charge on any atom is -0.756 e. The van der Waals surface area contributed by atoms with Gasteiger partial charge in [-0.3, -0.25) is 14.2 Å². The van der Waals surface area contributed by atoms with Gasteiger partial charge in [-0.15, -0.1) is 0 Å². The highest BCUT2D eigenvalue weighted by Crippen LogP contribution is 2.38. The third-order valence-electron chi connectivity index (χ3n) is 7.75. The molecule has 0 rings (SSSR count). The van der Waals surface area contributed by atoms with Crippen LogP contribution in [0.4, 0.5) is 0 Å². The number of unbranched alkanes of at least 4 members (excludes halogenated alkanes) is 16. The Morgan fingerprint density at radius 2 is 1.13 bits per heavy atom. The molecule has 0 saturated carbocycles. The molecule has 9 nitrogen and oxygen atoms in total. The van der Waals surface area contributed by atoms with Crippen molar-refractivity contribution in [1.29, 1.82) is 0 Å². The summed E-state index contributed by atoms with van der Waals surface area (Å²) in [6, 6.07) is 0. The Kier molecular flexibility index (Phi) is 29.6. The number of likely N-dealkylation sites (N-methyl/N-ethyl adjacent to an activating group) is 1. The van der Waals surface area contributed by atoms with Crippen LogP contribution in [0.2, 0.25) is 0 Å². The van der Waals surface area contributed by atoms with E-state index in [-0.39, 0.29) is 26.1 Å². The number of esters is 2. The average Bonchev–Trinajstić information content (AvgIpc) is 3.01. The summed E-state index contributed by atoms with van der Waals surface area (Å²) in [6.45, 7) is 4.13. The lowest BCUT2D eigenvalue weighted by Gasteiger charge is -2.28. The van der Waals surface area contributed by atoms with Crippen molar-refractivity contribution in [3.8, 4) is 0 Å². The van der Waals surface area contributed by atoms with Crippen LogP contribution in [0.1, 0.15) is 149 Å². The number of allylic oxidation sites excluding steroid dienone is 4. The Balaban J connectivity index is 4.42. The van der Waals surface area contributed by atoms with E-state index in [1.54, 1.807) is 0 Å². The molecule has 0 heterocycles. The van der Waals surface area contributed by atoms with Crippen LogP contribution in [0.3, 0.4) is 0 Å². The first kappa shape index (κ1) is 45.5. The number of hydrogen-bond donors (Lipinski definition) is 0. The van der Waals surface area contributed by atoms with Crippen LogP contribution in [0.15, 0.2) is 24.3 Å². The predicted molar refractivity (Wildman–Crippen MR) is 190 cm³/mol. The number of phosphoric ester groups is 1. The first-order valence-corrected chi connectivity index (χ1v) is 20.0. The summed E-state index contributed by atoms with van der Waals surface area (Å²) < 4.78 is 33.6. The fourth-order valence-electron chi connectivity index (χ4n) is 4.76. The number of nitrogens with zero attached hydrogens (tertiary/aromatic N) is 1. The van der Waals surface area contributed by atoms with E-state index in [0.717, 1.165) is 57.8 Å². The van der Waals surface area contributed by atoms with E-state index in [1.807, 2.05) is 21.1 Å². The maximum atomic E-state index is 12.5. The zero-order valence-corrected chi connectivity index (χ0v) is 31.6. The van der Waals surface area contributed by atoms with Gasteiger partial charge in [0.05, 0.1) is 27.7 Å². The van der Waals surface area contributed by atoms with Crippen LogP contribution in [-0.2, 0) is 32.7 Å². The minimum atomic E-state index is -4.61. The summed E-state index contributed by atoms with van der Waals surface area (Å²) in [4.78, 5) is 37.2. The zero-order valence-electron chi connectivity index (χ0n) is 30.7. The third kappa shape index (κ3) is 34.2. The molecule has 276 valence electrons. The van der Waals surface area contributed by atoms with Crippen molar-refractivity contribution >= 4 is 19.8 Å². The second kappa shape index (κ2) is 30.5. The van der Waals surface area contributed by atoms with E-state index in [1.165, 1.54) is 51.4 Å². The third-order valence-corrected chi connectivity index (χ3v) is 8.72. The highest BCUT2D eigenvalue weighted by Gasteiger charge is 2.21. The quantitative estimate of drug-likeness (QED) is 0.0221. The molecule has 0 aromatic carbocycles. The molecule has 0 bridgehead atoms. The topological polar surface area (TPSA) is 111 Å². The maximum Gasteiger partial charge on any atom is 0.306 e. The van der Waals surface area contributed by atoms with Gasteiger partial charge in [-0.2, -0.15) is 0 Å². The van der Waals surface area contributed by atoms with Gasteiger partial charge >= 0.3 is 11.9 Å². The highest BCUT2D eigenvalue weighted by atomic mass is 31.2. The van der Waals surface area contributed by atoms with Crippen LogP contribution in [0.25, 0.3) is 0 Å². The molecule has 0 N–H and O–H groups in total. The summed E-state index contributed by atoms with van der Waals surface area (Å²) in [5.41, 5.74) is 0. The molecule has 0 saturated heterocycles. The molecular weight excluding hydrogens is 617 g/mol. The molecule has 10 heteroatoms. The van der Waals surface area contributed by atoms with E-state index in [4.69, 9.17) is 18.5 Å². The van der Waals surface area contributed by atoms with Gasteiger partial charge in [0.1, 0.15) is 19.8 Å². The Bertz CT molecular complexity index is 871. The molecule has 1 unspecified atom stereocenters. The van der Waals surface area contributed by atoms with E-state index in [2.05, 4.69) is 38.2 Å². The SMILES string of the molecule is CCCCCC/C=C/C=C/CCCCCCCC(=O)OC[C@@H](COP(=O)([O-])OCC[N+](C)(C)C)OC(=O)CCCCCCCCCC. The monoisotopic (exact) mass is 687 g/mol. The molecule has 0 aliphatic heterocycles. The van der Waals surface area contributed by atoms with Gasteiger partial charge in [0.25, 0.3) is 7.82 Å². The number of rotatable bonds is 33. The molecule has 2 atom stereocenters. The van der Waals surface area contributed by atoms with Crippen molar-refractivity contribution in [1.82, 2.24) is 0 Å². The molecule has 47 heavy (non-hydrogen) atoms. The van der Waals surface area contributed by atoms with Gasteiger partial charge in [0.2, 0.25) is 0 Å². The summed E-state index contributed by atoms with van der Waals surface area (Å²) >= 11 is 0. The summed E-state index contributed by atoms with van der Waals surface area (Å²) in [5, 5.41) is 0. The molecule has 0 spiro atoms. The van der Waals surface area contributed by atoms with Crippen molar-refractivity contribution in [2.45, 2.75) is 155 Å². The van der Waals surface area contributed by atoms with Gasteiger partial charge in [0, 0.05) is 12.8 Å². The number of hydrogen-bond acceptors (Lipinski definition) is 8. The lowest BCUT2D eigenvalue weighted by atomic mass is 10.1. The maximum absolute atomic E-state index is 12.5. The van der Waals surface area contributed by atoms with Crippen LogP contribution in [0, 0.1) is 0 Å².